The number of hydrogen-bond donors (Lipinski definition) is 2. The molecule has 146 valence electrons. The van der Waals surface area contributed by atoms with Crippen molar-refractivity contribution in [2.45, 2.75) is 56.9 Å². The van der Waals surface area contributed by atoms with Crippen LogP contribution in [0.1, 0.15) is 50.2 Å². The topological polar surface area (TPSA) is 58.2 Å². The molecule has 4 nitrogen and oxygen atoms in total. The van der Waals surface area contributed by atoms with Gasteiger partial charge < -0.3 is 5.32 Å². The molecule has 2 aromatic rings. The minimum absolute atomic E-state index is 0.326. The molecule has 3 rings (SSSR count). The summed E-state index contributed by atoms with van der Waals surface area (Å²) in [6.07, 6.45) is 7.52. The van der Waals surface area contributed by atoms with Gasteiger partial charge in [0.1, 0.15) is 0 Å². The Morgan fingerprint density at radius 2 is 1.74 bits per heavy atom. The van der Waals surface area contributed by atoms with Crippen LogP contribution in [0.2, 0.25) is 0 Å². The molecule has 1 aliphatic rings. The largest absolute Gasteiger partial charge is 0.381 e. The van der Waals surface area contributed by atoms with E-state index in [1.54, 1.807) is 19.1 Å². The van der Waals surface area contributed by atoms with Gasteiger partial charge in [-0.1, -0.05) is 75.4 Å². The number of sulfonamides is 1. The monoisotopic (exact) mass is 386 g/mol. The molecule has 2 N–H and O–H groups in total. The van der Waals surface area contributed by atoms with Crippen LogP contribution in [0, 0.1) is 5.92 Å². The first-order valence-corrected chi connectivity index (χ1v) is 11.5. The molecule has 0 aromatic heterocycles. The minimum Gasteiger partial charge on any atom is -0.381 e. The molecule has 5 heteroatoms. The van der Waals surface area contributed by atoms with E-state index in [4.69, 9.17) is 0 Å². The van der Waals surface area contributed by atoms with Crippen LogP contribution < -0.4 is 10.0 Å². The predicted molar refractivity (Wildman–Crippen MR) is 111 cm³/mol. The SMILES string of the molecule is CCNS(=O)(=O)c1ccc(CC2CCCCC2)c(NCc2ccccc2)c1. The fourth-order valence-electron chi connectivity index (χ4n) is 3.83. The number of rotatable bonds is 8. The summed E-state index contributed by atoms with van der Waals surface area (Å²) in [6.45, 7) is 2.87. The Morgan fingerprint density at radius 3 is 2.44 bits per heavy atom. The van der Waals surface area contributed by atoms with Gasteiger partial charge in [-0.15, -0.1) is 0 Å². The lowest BCUT2D eigenvalue weighted by atomic mass is 9.84. The van der Waals surface area contributed by atoms with Crippen molar-refractivity contribution >= 4 is 15.7 Å². The summed E-state index contributed by atoms with van der Waals surface area (Å²) < 4.78 is 27.4. The molecule has 0 unspecified atom stereocenters. The molecular formula is C22H30N2O2S. The second kappa shape index (κ2) is 9.38. The quantitative estimate of drug-likeness (QED) is 0.690. The molecule has 0 atom stereocenters. The van der Waals surface area contributed by atoms with Crippen molar-refractivity contribution in [1.29, 1.82) is 0 Å². The van der Waals surface area contributed by atoms with Crippen LogP contribution in [0.15, 0.2) is 53.4 Å². The average molecular weight is 387 g/mol. The summed E-state index contributed by atoms with van der Waals surface area (Å²) in [6, 6.07) is 15.7. The van der Waals surface area contributed by atoms with Crippen molar-refractivity contribution in [1.82, 2.24) is 4.72 Å². The van der Waals surface area contributed by atoms with Gasteiger partial charge in [-0.25, -0.2) is 13.1 Å². The molecule has 1 saturated carbocycles. The van der Waals surface area contributed by atoms with E-state index in [9.17, 15) is 8.42 Å². The second-order valence-corrected chi connectivity index (χ2v) is 9.13. The van der Waals surface area contributed by atoms with Crippen LogP contribution in [-0.2, 0) is 23.0 Å². The molecule has 0 heterocycles. The van der Waals surface area contributed by atoms with Crippen molar-refractivity contribution < 1.29 is 8.42 Å². The standard InChI is InChI=1S/C22H30N2O2S/c1-2-24-27(25,26)21-14-13-20(15-18-9-5-3-6-10-18)22(16-21)23-17-19-11-7-4-8-12-19/h4,7-8,11-14,16,18,23-24H,2-3,5-6,9-10,15,17H2,1H3. The Bertz CT molecular complexity index is 829. The summed E-state index contributed by atoms with van der Waals surface area (Å²) >= 11 is 0. The van der Waals surface area contributed by atoms with E-state index in [0.717, 1.165) is 12.1 Å². The zero-order valence-electron chi connectivity index (χ0n) is 16.1. The van der Waals surface area contributed by atoms with Gasteiger partial charge >= 0.3 is 0 Å². The molecule has 0 bridgehead atoms. The van der Waals surface area contributed by atoms with Crippen molar-refractivity contribution in [3.8, 4) is 0 Å². The number of benzene rings is 2. The van der Waals surface area contributed by atoms with Crippen LogP contribution in [-0.4, -0.2) is 15.0 Å². The molecule has 27 heavy (non-hydrogen) atoms. The fourth-order valence-corrected chi connectivity index (χ4v) is 4.90. The first-order valence-electron chi connectivity index (χ1n) is 9.99. The molecular weight excluding hydrogens is 356 g/mol. The maximum atomic E-state index is 12.4. The lowest BCUT2D eigenvalue weighted by Gasteiger charge is -2.23. The molecule has 0 aliphatic heterocycles. The summed E-state index contributed by atoms with van der Waals surface area (Å²) in [4.78, 5) is 0.326. The van der Waals surface area contributed by atoms with E-state index in [1.807, 2.05) is 24.3 Å². The molecule has 0 saturated heterocycles. The molecule has 0 radical (unpaired) electrons. The Morgan fingerprint density at radius 1 is 1.00 bits per heavy atom. The molecule has 2 aromatic carbocycles. The van der Waals surface area contributed by atoms with Gasteiger partial charge in [-0.05, 0) is 35.6 Å². The van der Waals surface area contributed by atoms with Crippen LogP contribution in [0.4, 0.5) is 5.69 Å². The van der Waals surface area contributed by atoms with Crippen molar-refractivity contribution in [3.05, 3.63) is 59.7 Å². The van der Waals surface area contributed by atoms with E-state index in [1.165, 1.54) is 43.2 Å². The van der Waals surface area contributed by atoms with Crippen LogP contribution >= 0.6 is 0 Å². The molecule has 1 aliphatic carbocycles. The summed E-state index contributed by atoms with van der Waals surface area (Å²) in [5.74, 6) is 0.701. The van der Waals surface area contributed by atoms with Crippen LogP contribution in [0.25, 0.3) is 0 Å². The lowest BCUT2D eigenvalue weighted by molar-refractivity contribution is 0.357. The van der Waals surface area contributed by atoms with Gasteiger partial charge in [0.15, 0.2) is 0 Å². The third-order valence-corrected chi connectivity index (χ3v) is 6.83. The fraction of sp³-hybridized carbons (Fsp3) is 0.455. The van der Waals surface area contributed by atoms with Gasteiger partial charge in [0, 0.05) is 18.8 Å². The smallest absolute Gasteiger partial charge is 0.240 e. The summed E-state index contributed by atoms with van der Waals surface area (Å²) in [7, 11) is -3.46. The van der Waals surface area contributed by atoms with E-state index in [0.29, 0.717) is 23.9 Å². The van der Waals surface area contributed by atoms with Gasteiger partial charge in [0.25, 0.3) is 0 Å². The highest BCUT2D eigenvalue weighted by Crippen LogP contribution is 2.30. The van der Waals surface area contributed by atoms with Gasteiger partial charge in [0.05, 0.1) is 4.90 Å². The van der Waals surface area contributed by atoms with Crippen molar-refractivity contribution in [2.24, 2.45) is 5.92 Å². The molecule has 1 fully saturated rings. The first-order chi connectivity index (χ1) is 13.1. The van der Waals surface area contributed by atoms with E-state index >= 15 is 0 Å². The highest BCUT2D eigenvalue weighted by molar-refractivity contribution is 7.89. The average Bonchev–Trinajstić information content (AvgIpc) is 2.68. The van der Waals surface area contributed by atoms with Gasteiger partial charge in [-0.3, -0.25) is 0 Å². The van der Waals surface area contributed by atoms with Gasteiger partial charge in [-0.2, -0.15) is 0 Å². The molecule has 0 spiro atoms. The first kappa shape index (κ1) is 19.9. The van der Waals surface area contributed by atoms with E-state index < -0.39 is 10.0 Å². The van der Waals surface area contributed by atoms with Crippen LogP contribution in [0.5, 0.6) is 0 Å². The van der Waals surface area contributed by atoms with Crippen molar-refractivity contribution in [2.75, 3.05) is 11.9 Å². The predicted octanol–water partition coefficient (Wildman–Crippen LogP) is 4.72. The van der Waals surface area contributed by atoms with E-state index in [2.05, 4.69) is 22.2 Å². The van der Waals surface area contributed by atoms with Gasteiger partial charge in [0.2, 0.25) is 10.0 Å². The summed E-state index contributed by atoms with van der Waals surface area (Å²) in [5.41, 5.74) is 3.33. The Labute approximate surface area is 163 Å². The second-order valence-electron chi connectivity index (χ2n) is 7.37. The Hall–Kier alpha value is -1.85. The number of anilines is 1. The van der Waals surface area contributed by atoms with Crippen LogP contribution in [0.3, 0.4) is 0 Å². The Balaban J connectivity index is 1.84. The molecule has 0 amide bonds. The summed E-state index contributed by atoms with van der Waals surface area (Å²) in [5, 5.41) is 3.48. The minimum atomic E-state index is -3.46. The van der Waals surface area contributed by atoms with Crippen molar-refractivity contribution in [3.63, 3.8) is 0 Å². The zero-order chi connectivity index (χ0) is 19.1. The number of hydrogen-bond acceptors (Lipinski definition) is 3. The number of nitrogens with one attached hydrogen (secondary N) is 2. The maximum Gasteiger partial charge on any atom is 0.240 e. The van der Waals surface area contributed by atoms with E-state index in [-0.39, 0.29) is 0 Å². The third-order valence-electron chi connectivity index (χ3n) is 5.29. The Kier molecular flexibility index (Phi) is 6.91. The lowest BCUT2D eigenvalue weighted by Crippen LogP contribution is -2.23. The zero-order valence-corrected chi connectivity index (χ0v) is 16.9. The highest BCUT2D eigenvalue weighted by atomic mass is 32.2. The maximum absolute atomic E-state index is 12.4. The normalized spacial score (nSPS) is 15.6. The highest BCUT2D eigenvalue weighted by Gasteiger charge is 2.19. The third kappa shape index (κ3) is 5.56.